The van der Waals surface area contributed by atoms with Gasteiger partial charge in [-0.3, -0.25) is 4.90 Å². The number of halogens is 3. The topological polar surface area (TPSA) is 95.9 Å². The number of anilines is 1. The highest BCUT2D eigenvalue weighted by Crippen LogP contribution is 2.45. The summed E-state index contributed by atoms with van der Waals surface area (Å²) < 4.78 is 59.1. The van der Waals surface area contributed by atoms with Crippen molar-refractivity contribution in [3.8, 4) is 28.9 Å². The number of piperazine rings is 1. The average Bonchev–Trinajstić information content (AvgIpc) is 3.64. The van der Waals surface area contributed by atoms with Gasteiger partial charge in [-0.25, -0.2) is 18.2 Å². The van der Waals surface area contributed by atoms with Crippen LogP contribution in [0.1, 0.15) is 32.1 Å². The monoisotopic (exact) mass is 604 g/mol. The van der Waals surface area contributed by atoms with E-state index in [2.05, 4.69) is 25.1 Å². The lowest BCUT2D eigenvalue weighted by molar-refractivity contribution is 0.107. The fourth-order valence-electron chi connectivity index (χ4n) is 8.36. The molecule has 4 aromatic rings. The molecular formula is C32H31F3N6O3. The summed E-state index contributed by atoms with van der Waals surface area (Å²) in [4.78, 5) is 18.3. The van der Waals surface area contributed by atoms with Crippen LogP contribution in [0.2, 0.25) is 0 Å². The van der Waals surface area contributed by atoms with Gasteiger partial charge in [-0.15, -0.1) is 0 Å². The molecule has 7 heterocycles. The maximum absolute atomic E-state index is 16.8. The van der Waals surface area contributed by atoms with Gasteiger partial charge in [0.1, 0.15) is 53.4 Å². The number of hydrogen-bond acceptors (Lipinski definition) is 9. The molecule has 5 aliphatic rings. The fourth-order valence-corrected chi connectivity index (χ4v) is 8.36. The van der Waals surface area contributed by atoms with Crippen LogP contribution in [-0.2, 0) is 0 Å². The van der Waals surface area contributed by atoms with Crippen LogP contribution < -0.4 is 19.7 Å². The molecule has 5 atom stereocenters. The van der Waals surface area contributed by atoms with Crippen molar-refractivity contribution in [2.75, 3.05) is 37.7 Å². The number of nitrogens with zero attached hydrogens (tertiary/aromatic N) is 5. The van der Waals surface area contributed by atoms with Crippen LogP contribution in [0.3, 0.4) is 0 Å². The van der Waals surface area contributed by atoms with E-state index < -0.39 is 23.3 Å². The number of nitrogens with one attached hydrogen (secondary N) is 1. The molecule has 0 amide bonds. The van der Waals surface area contributed by atoms with E-state index in [9.17, 15) is 9.50 Å². The first-order valence-corrected chi connectivity index (χ1v) is 15.4. The SMILES string of the molecule is Oc1cc(-c2nc3c4c(nc(OCC56CCCN5CC(F)C6)nc4c2F)N2CC4CCC(N4)C2CO3)c2c(F)cccc2c1. The Labute approximate surface area is 251 Å². The Hall–Kier alpha value is -3.90. The lowest BCUT2D eigenvalue weighted by atomic mass is 9.95. The van der Waals surface area contributed by atoms with Crippen LogP contribution in [0.4, 0.5) is 19.0 Å². The summed E-state index contributed by atoms with van der Waals surface area (Å²) in [5.74, 6) is -0.881. The van der Waals surface area contributed by atoms with Crippen molar-refractivity contribution in [3.05, 3.63) is 42.0 Å². The molecule has 9 nitrogen and oxygen atoms in total. The minimum atomic E-state index is -0.915. The molecule has 4 saturated heterocycles. The second-order valence-electron chi connectivity index (χ2n) is 12.9. The first kappa shape index (κ1) is 26.5. The van der Waals surface area contributed by atoms with Gasteiger partial charge in [0.05, 0.1) is 11.6 Å². The van der Waals surface area contributed by atoms with Crippen LogP contribution in [0.25, 0.3) is 32.9 Å². The molecule has 4 fully saturated rings. The molecule has 0 radical (unpaired) electrons. The summed E-state index contributed by atoms with van der Waals surface area (Å²) in [5.41, 5.74) is -0.593. The summed E-state index contributed by atoms with van der Waals surface area (Å²) in [6.45, 7) is 2.34. The van der Waals surface area contributed by atoms with Gasteiger partial charge in [0.25, 0.3) is 0 Å². The van der Waals surface area contributed by atoms with E-state index in [1.807, 2.05) is 0 Å². The standard InChI is InChI=1S/C32H31F3N6O3/c33-17-11-32(7-2-8-40(32)12-17)15-44-31-38-28-25-29(39-31)41-13-18-5-6-22(36-18)23(41)14-43-30(25)37-27(26(28)35)20-10-19(42)9-16-3-1-4-21(34)24(16)20/h1,3-4,9-10,17-18,22-23,36,42H,2,5-8,11-15H2. The zero-order chi connectivity index (χ0) is 29.7. The zero-order valence-corrected chi connectivity index (χ0v) is 23.9. The van der Waals surface area contributed by atoms with Crippen molar-refractivity contribution in [3.63, 3.8) is 0 Å². The van der Waals surface area contributed by atoms with Gasteiger partial charge >= 0.3 is 6.01 Å². The number of phenols is 1. The summed E-state index contributed by atoms with van der Waals surface area (Å²) in [7, 11) is 0. The third kappa shape index (κ3) is 3.89. The zero-order valence-electron chi connectivity index (χ0n) is 23.9. The maximum Gasteiger partial charge on any atom is 0.319 e. The van der Waals surface area contributed by atoms with E-state index in [0.29, 0.717) is 36.1 Å². The summed E-state index contributed by atoms with van der Waals surface area (Å²) in [6, 6.07) is 7.54. The van der Waals surface area contributed by atoms with E-state index in [1.54, 1.807) is 6.07 Å². The Morgan fingerprint density at radius 1 is 1.11 bits per heavy atom. The number of benzene rings is 2. The van der Waals surface area contributed by atoms with Gasteiger partial charge in [-0.1, -0.05) is 12.1 Å². The van der Waals surface area contributed by atoms with Crippen LogP contribution in [0.5, 0.6) is 17.6 Å². The molecule has 44 heavy (non-hydrogen) atoms. The van der Waals surface area contributed by atoms with Crippen LogP contribution in [0, 0.1) is 11.6 Å². The van der Waals surface area contributed by atoms with Crippen LogP contribution in [0.15, 0.2) is 30.3 Å². The van der Waals surface area contributed by atoms with Crippen LogP contribution >= 0.6 is 0 Å². The highest BCUT2D eigenvalue weighted by Gasteiger charge is 2.50. The molecule has 2 aromatic heterocycles. The van der Waals surface area contributed by atoms with Gasteiger partial charge in [0, 0.05) is 42.5 Å². The smallest absolute Gasteiger partial charge is 0.319 e. The second-order valence-corrected chi connectivity index (χ2v) is 12.9. The van der Waals surface area contributed by atoms with Crippen molar-refractivity contribution in [2.45, 2.75) is 61.9 Å². The minimum Gasteiger partial charge on any atom is -0.508 e. The number of alkyl halides is 1. The first-order valence-electron chi connectivity index (χ1n) is 15.4. The third-order valence-corrected chi connectivity index (χ3v) is 10.3. The number of aromatic nitrogens is 3. The van der Waals surface area contributed by atoms with E-state index in [-0.39, 0.29) is 71.1 Å². The van der Waals surface area contributed by atoms with Crippen molar-refractivity contribution in [1.29, 1.82) is 0 Å². The molecule has 5 unspecified atom stereocenters. The molecule has 228 valence electrons. The summed E-state index contributed by atoms with van der Waals surface area (Å²) in [6.07, 6.45) is 3.24. The number of phenolic OH excluding ortho intramolecular Hbond substituents is 1. The van der Waals surface area contributed by atoms with Crippen molar-refractivity contribution >= 4 is 27.5 Å². The molecular weight excluding hydrogens is 573 g/mol. The number of pyridine rings is 1. The molecule has 5 aliphatic heterocycles. The van der Waals surface area contributed by atoms with Crippen molar-refractivity contribution in [2.24, 2.45) is 0 Å². The summed E-state index contributed by atoms with van der Waals surface area (Å²) >= 11 is 0. The van der Waals surface area contributed by atoms with E-state index >= 15 is 8.78 Å². The van der Waals surface area contributed by atoms with E-state index in [4.69, 9.17) is 14.5 Å². The Balaban J connectivity index is 1.23. The predicted octanol–water partition coefficient (Wildman–Crippen LogP) is 4.49. The Morgan fingerprint density at radius 2 is 2.02 bits per heavy atom. The first-order chi connectivity index (χ1) is 21.4. The van der Waals surface area contributed by atoms with Crippen molar-refractivity contribution in [1.82, 2.24) is 25.2 Å². The average molecular weight is 605 g/mol. The van der Waals surface area contributed by atoms with Gasteiger partial charge < -0.3 is 24.8 Å². The minimum absolute atomic E-state index is 0.00323. The van der Waals surface area contributed by atoms with Gasteiger partial charge in [-0.05, 0) is 55.8 Å². The Morgan fingerprint density at radius 3 is 2.93 bits per heavy atom. The molecule has 0 spiro atoms. The number of aromatic hydroxyl groups is 1. The van der Waals surface area contributed by atoms with Gasteiger partial charge in [0.2, 0.25) is 5.88 Å². The molecule has 2 N–H and O–H groups in total. The van der Waals surface area contributed by atoms with Gasteiger partial charge in [0.15, 0.2) is 5.82 Å². The molecule has 2 bridgehead atoms. The normalized spacial score (nSPS) is 29.1. The van der Waals surface area contributed by atoms with Gasteiger partial charge in [-0.2, -0.15) is 9.97 Å². The van der Waals surface area contributed by atoms with Crippen molar-refractivity contribution < 1.29 is 27.8 Å². The van der Waals surface area contributed by atoms with E-state index in [1.165, 1.54) is 24.3 Å². The highest BCUT2D eigenvalue weighted by molar-refractivity contribution is 6.02. The molecule has 9 rings (SSSR count). The molecule has 0 aliphatic carbocycles. The largest absolute Gasteiger partial charge is 0.508 e. The van der Waals surface area contributed by atoms with Crippen LogP contribution in [-0.4, -0.2) is 87.6 Å². The number of fused-ring (bicyclic) bond motifs is 7. The third-order valence-electron chi connectivity index (χ3n) is 10.3. The maximum atomic E-state index is 16.8. The Kier molecular flexibility index (Phi) is 5.75. The fraction of sp³-hybridized carbons (Fsp3) is 0.469. The predicted molar refractivity (Wildman–Crippen MR) is 157 cm³/mol. The number of rotatable bonds is 4. The highest BCUT2D eigenvalue weighted by atomic mass is 19.1. The number of ether oxygens (including phenoxy) is 2. The Bertz CT molecular complexity index is 1840. The quantitative estimate of drug-likeness (QED) is 0.350. The molecule has 0 saturated carbocycles. The van der Waals surface area contributed by atoms with E-state index in [0.717, 1.165) is 32.2 Å². The summed E-state index contributed by atoms with van der Waals surface area (Å²) in [5, 5.41) is 15.0. The number of hydrogen-bond donors (Lipinski definition) is 2. The molecule has 2 aromatic carbocycles. The second kappa shape index (κ2) is 9.55. The lowest BCUT2D eigenvalue weighted by Crippen LogP contribution is -2.60. The molecule has 12 heteroatoms. The lowest BCUT2D eigenvalue weighted by Gasteiger charge is -2.40.